The standard InChI is InChI=1S/C18H33NO2/c1-16(2)13-14(17(3,4)21-16)15(20)18(19(5)6)11-9-7-8-10-12-18/h14H,7-13H2,1-6H3. The molecule has 1 aliphatic heterocycles. The number of ketones is 1. The van der Waals surface area contributed by atoms with Gasteiger partial charge in [-0.25, -0.2) is 0 Å². The smallest absolute Gasteiger partial charge is 0.159 e. The van der Waals surface area contributed by atoms with Gasteiger partial charge in [0.15, 0.2) is 5.78 Å². The minimum absolute atomic E-state index is 0.00741. The Morgan fingerprint density at radius 1 is 1.00 bits per heavy atom. The second-order valence-corrected chi connectivity index (χ2v) is 8.43. The molecule has 3 heteroatoms. The van der Waals surface area contributed by atoms with Crippen LogP contribution in [0.3, 0.4) is 0 Å². The van der Waals surface area contributed by atoms with Crippen molar-refractivity contribution in [2.75, 3.05) is 14.1 Å². The van der Waals surface area contributed by atoms with E-state index in [-0.39, 0.29) is 22.7 Å². The summed E-state index contributed by atoms with van der Waals surface area (Å²) in [5, 5.41) is 0. The predicted octanol–water partition coefficient (Wildman–Crippen LogP) is 3.80. The first-order valence-electron chi connectivity index (χ1n) is 8.53. The molecule has 0 spiro atoms. The fourth-order valence-corrected chi connectivity index (χ4v) is 4.52. The van der Waals surface area contributed by atoms with E-state index >= 15 is 0 Å². The molecule has 0 amide bonds. The highest BCUT2D eigenvalue weighted by molar-refractivity contribution is 5.91. The van der Waals surface area contributed by atoms with Gasteiger partial charge in [-0.1, -0.05) is 25.7 Å². The number of carbonyl (C=O) groups excluding carboxylic acids is 1. The first kappa shape index (κ1) is 17.0. The molecule has 21 heavy (non-hydrogen) atoms. The van der Waals surface area contributed by atoms with E-state index in [1.165, 1.54) is 25.7 Å². The third-order valence-electron chi connectivity index (χ3n) is 5.64. The summed E-state index contributed by atoms with van der Waals surface area (Å²) in [5.41, 5.74) is -0.819. The van der Waals surface area contributed by atoms with Gasteiger partial charge in [0, 0.05) is 0 Å². The molecule has 1 saturated heterocycles. The van der Waals surface area contributed by atoms with Crippen molar-refractivity contribution in [3.63, 3.8) is 0 Å². The monoisotopic (exact) mass is 295 g/mol. The third kappa shape index (κ3) is 3.19. The van der Waals surface area contributed by atoms with Gasteiger partial charge in [0.1, 0.15) is 0 Å². The number of hydrogen-bond donors (Lipinski definition) is 0. The average molecular weight is 295 g/mol. The molecule has 0 aromatic heterocycles. The predicted molar refractivity (Wildman–Crippen MR) is 86.5 cm³/mol. The number of Topliss-reactive ketones (excluding diaryl/α,β-unsaturated/α-hetero) is 1. The SMILES string of the molecule is CN(C)C1(C(=O)C2CC(C)(C)OC2(C)C)CCCCCC1. The Morgan fingerprint density at radius 3 is 1.90 bits per heavy atom. The molecular formula is C18H33NO2. The maximum atomic E-state index is 13.5. The van der Waals surface area contributed by atoms with Crippen LogP contribution in [0.1, 0.15) is 72.6 Å². The van der Waals surface area contributed by atoms with E-state index in [9.17, 15) is 4.79 Å². The van der Waals surface area contributed by atoms with Gasteiger partial charge in [0.2, 0.25) is 0 Å². The molecule has 0 radical (unpaired) electrons. The van der Waals surface area contributed by atoms with Gasteiger partial charge in [-0.15, -0.1) is 0 Å². The summed E-state index contributed by atoms with van der Waals surface area (Å²) in [4.78, 5) is 15.7. The first-order chi connectivity index (χ1) is 9.61. The maximum absolute atomic E-state index is 13.5. The zero-order valence-corrected chi connectivity index (χ0v) is 14.8. The van der Waals surface area contributed by atoms with Gasteiger partial charge >= 0.3 is 0 Å². The molecule has 2 rings (SSSR count). The summed E-state index contributed by atoms with van der Waals surface area (Å²) in [5.74, 6) is 0.429. The van der Waals surface area contributed by atoms with E-state index in [2.05, 4.69) is 46.7 Å². The number of likely N-dealkylation sites (N-methyl/N-ethyl adjacent to an activating group) is 1. The van der Waals surface area contributed by atoms with Gasteiger partial charge in [0.25, 0.3) is 0 Å². The summed E-state index contributed by atoms with van der Waals surface area (Å²) >= 11 is 0. The van der Waals surface area contributed by atoms with Crippen LogP contribution in [0.25, 0.3) is 0 Å². The van der Waals surface area contributed by atoms with Gasteiger partial charge in [-0.05, 0) is 61.1 Å². The lowest BCUT2D eigenvalue weighted by molar-refractivity contribution is -0.141. The largest absolute Gasteiger partial charge is 0.369 e. The van der Waals surface area contributed by atoms with Crippen LogP contribution < -0.4 is 0 Å². The molecule has 1 unspecified atom stereocenters. The summed E-state index contributed by atoms with van der Waals surface area (Å²) in [6, 6.07) is 0. The summed E-state index contributed by atoms with van der Waals surface area (Å²) < 4.78 is 6.18. The molecule has 1 atom stereocenters. The van der Waals surface area contributed by atoms with Crippen LogP contribution in [0.5, 0.6) is 0 Å². The first-order valence-corrected chi connectivity index (χ1v) is 8.53. The minimum atomic E-state index is -0.351. The van der Waals surface area contributed by atoms with Crippen molar-refractivity contribution >= 4 is 5.78 Å². The summed E-state index contributed by atoms with van der Waals surface area (Å²) in [6.45, 7) is 8.39. The Balaban J connectivity index is 2.31. The molecule has 0 bridgehead atoms. The average Bonchev–Trinajstić information content (AvgIpc) is 2.55. The van der Waals surface area contributed by atoms with Gasteiger partial charge in [-0.3, -0.25) is 9.69 Å². The van der Waals surface area contributed by atoms with Crippen molar-refractivity contribution in [1.29, 1.82) is 0 Å². The fourth-order valence-electron chi connectivity index (χ4n) is 4.52. The molecule has 3 nitrogen and oxygen atoms in total. The molecule has 1 heterocycles. The topological polar surface area (TPSA) is 29.5 Å². The molecule has 0 aromatic carbocycles. The normalized spacial score (nSPS) is 31.1. The van der Waals surface area contributed by atoms with Crippen LogP contribution in [0, 0.1) is 5.92 Å². The van der Waals surface area contributed by atoms with Crippen LogP contribution in [-0.4, -0.2) is 41.5 Å². The Morgan fingerprint density at radius 2 is 1.52 bits per heavy atom. The van der Waals surface area contributed by atoms with Crippen LogP contribution in [0.15, 0.2) is 0 Å². The molecule has 2 aliphatic rings. The highest BCUT2D eigenvalue weighted by atomic mass is 16.5. The van der Waals surface area contributed by atoms with Crippen LogP contribution in [-0.2, 0) is 9.53 Å². The van der Waals surface area contributed by atoms with E-state index < -0.39 is 0 Å². The third-order valence-corrected chi connectivity index (χ3v) is 5.64. The molecule has 2 fully saturated rings. The summed E-state index contributed by atoms with van der Waals surface area (Å²) in [7, 11) is 4.16. The highest BCUT2D eigenvalue weighted by Gasteiger charge is 2.54. The van der Waals surface area contributed by atoms with Gasteiger partial charge in [0.05, 0.1) is 22.7 Å². The van der Waals surface area contributed by atoms with Crippen LogP contribution >= 0.6 is 0 Å². The number of rotatable bonds is 3. The Labute approximate surface area is 130 Å². The van der Waals surface area contributed by atoms with E-state index in [0.717, 1.165) is 19.3 Å². The van der Waals surface area contributed by atoms with Crippen molar-refractivity contribution < 1.29 is 9.53 Å². The highest BCUT2D eigenvalue weighted by Crippen LogP contribution is 2.46. The molecule has 1 aliphatic carbocycles. The van der Waals surface area contributed by atoms with E-state index in [0.29, 0.717) is 5.78 Å². The van der Waals surface area contributed by atoms with E-state index in [4.69, 9.17) is 4.74 Å². The number of hydrogen-bond acceptors (Lipinski definition) is 3. The zero-order chi connectivity index (χ0) is 15.9. The lowest BCUT2D eigenvalue weighted by atomic mass is 9.72. The van der Waals surface area contributed by atoms with Crippen LogP contribution in [0.4, 0.5) is 0 Å². The second kappa shape index (κ2) is 5.66. The number of ether oxygens (including phenoxy) is 1. The number of carbonyl (C=O) groups is 1. The molecule has 0 aromatic rings. The van der Waals surface area contributed by atoms with Crippen molar-refractivity contribution in [2.24, 2.45) is 5.92 Å². The molecule has 122 valence electrons. The molecular weight excluding hydrogens is 262 g/mol. The fraction of sp³-hybridized carbons (Fsp3) is 0.944. The zero-order valence-electron chi connectivity index (χ0n) is 14.8. The van der Waals surface area contributed by atoms with E-state index in [1.54, 1.807) is 0 Å². The van der Waals surface area contributed by atoms with E-state index in [1.807, 2.05) is 0 Å². The molecule has 1 saturated carbocycles. The minimum Gasteiger partial charge on any atom is -0.369 e. The maximum Gasteiger partial charge on any atom is 0.159 e. The van der Waals surface area contributed by atoms with Crippen LogP contribution in [0.2, 0.25) is 0 Å². The summed E-state index contributed by atoms with van der Waals surface area (Å²) in [6.07, 6.45) is 7.71. The second-order valence-electron chi connectivity index (χ2n) is 8.43. The lowest BCUT2D eigenvalue weighted by Crippen LogP contribution is -2.55. The van der Waals surface area contributed by atoms with Crippen molar-refractivity contribution in [3.8, 4) is 0 Å². The number of nitrogens with zero attached hydrogens (tertiary/aromatic N) is 1. The lowest BCUT2D eigenvalue weighted by Gasteiger charge is -2.41. The van der Waals surface area contributed by atoms with Crippen molar-refractivity contribution in [1.82, 2.24) is 4.90 Å². The Hall–Kier alpha value is -0.410. The van der Waals surface area contributed by atoms with Gasteiger partial charge in [-0.2, -0.15) is 0 Å². The van der Waals surface area contributed by atoms with Crippen molar-refractivity contribution in [2.45, 2.75) is 89.4 Å². The van der Waals surface area contributed by atoms with Crippen molar-refractivity contribution in [3.05, 3.63) is 0 Å². The Kier molecular flexibility index (Phi) is 4.57. The quantitative estimate of drug-likeness (QED) is 0.742. The van der Waals surface area contributed by atoms with Gasteiger partial charge < -0.3 is 4.74 Å². The molecule has 0 N–H and O–H groups in total. The Bertz CT molecular complexity index is 390.